The van der Waals surface area contributed by atoms with Gasteiger partial charge in [-0.2, -0.15) is 0 Å². The van der Waals surface area contributed by atoms with E-state index in [0.717, 1.165) is 0 Å². The smallest absolute Gasteiger partial charge is 0.219 e. The van der Waals surface area contributed by atoms with Crippen molar-refractivity contribution in [3.63, 3.8) is 0 Å². The highest BCUT2D eigenvalue weighted by Crippen LogP contribution is 2.54. The molecule has 2 amide bonds. The second-order valence-corrected chi connectivity index (χ2v) is 15.9. The van der Waals surface area contributed by atoms with Gasteiger partial charge in [-0.25, -0.2) is 0 Å². The Hall–Kier alpha value is -1.38. The van der Waals surface area contributed by atoms with Gasteiger partial charge < -0.3 is 28.7 Å². The van der Waals surface area contributed by atoms with E-state index in [1.165, 1.54) is 10.1 Å². The molecule has 5 spiro atoms. The van der Waals surface area contributed by atoms with Crippen molar-refractivity contribution in [2.45, 2.75) is 127 Å². The van der Waals surface area contributed by atoms with Crippen LogP contribution in [0.4, 0.5) is 0 Å². The molecule has 242 valence electrons. The maximum absolute atomic E-state index is 13.7. The molecule has 0 saturated carbocycles. The van der Waals surface area contributed by atoms with Crippen molar-refractivity contribution in [1.29, 1.82) is 0 Å². The molecular weight excluding hydrogens is 556 g/mol. The molecule has 12 heteroatoms. The van der Waals surface area contributed by atoms with E-state index in [0.29, 0.717) is 104 Å². The number of ether oxygens (including phenoxy) is 4. The highest BCUT2D eigenvalue weighted by atomic mass is 16.7. The van der Waals surface area contributed by atoms with Crippen molar-refractivity contribution < 1.29 is 39.0 Å². The molecule has 0 aromatic rings. The Bertz CT molecular complexity index is 1010. The standard InChI is InChI=1S/C31H50N4O8/c1-23(36)32-11-7-28(8-12-32)17-30(15-25(3,4)34(28)38)40-19-27(20-41-30)21-42-31(43-22-27)16-26(5,6)35(39)29(18-31)9-13-33(14-10-29)24(2)37/h7-22H2,1-6H3. The van der Waals surface area contributed by atoms with Crippen molar-refractivity contribution in [3.05, 3.63) is 0 Å². The van der Waals surface area contributed by atoms with E-state index in [-0.39, 0.29) is 11.8 Å². The molecule has 0 aromatic heterocycles. The molecule has 6 aliphatic heterocycles. The molecule has 43 heavy (non-hydrogen) atoms. The molecule has 6 saturated heterocycles. The number of carbonyl (C=O) groups excluding carboxylic acids is 2. The number of likely N-dealkylation sites (tertiary alicyclic amines) is 2. The highest BCUT2D eigenvalue weighted by molar-refractivity contribution is 5.73. The first-order valence-corrected chi connectivity index (χ1v) is 16.0. The Balaban J connectivity index is 1.13. The Kier molecular flexibility index (Phi) is 7.58. The van der Waals surface area contributed by atoms with Crippen LogP contribution < -0.4 is 0 Å². The zero-order chi connectivity index (χ0) is 31.1. The summed E-state index contributed by atoms with van der Waals surface area (Å²) in [6.45, 7) is 14.8. The molecule has 0 N–H and O–H groups in total. The third kappa shape index (κ3) is 5.33. The third-order valence-corrected chi connectivity index (χ3v) is 11.4. The van der Waals surface area contributed by atoms with Crippen LogP contribution in [0.2, 0.25) is 0 Å². The van der Waals surface area contributed by atoms with E-state index in [4.69, 9.17) is 18.9 Å². The van der Waals surface area contributed by atoms with E-state index < -0.39 is 39.1 Å². The van der Waals surface area contributed by atoms with Gasteiger partial charge in [-0.1, -0.05) is 0 Å². The first-order valence-electron chi connectivity index (χ1n) is 16.0. The predicted molar refractivity (Wildman–Crippen MR) is 152 cm³/mol. The topological polar surface area (TPSA) is 124 Å². The SMILES string of the molecule is CC(=O)N1CCC2(CC1)CC1(CC(C)(C)N2[O])OCC2(CO1)COC1(CC(C)(C)N([O])C3(CCN(C(C)=O)CC3)C1)OC2. The summed E-state index contributed by atoms with van der Waals surface area (Å²) in [7, 11) is 0. The van der Waals surface area contributed by atoms with Gasteiger partial charge in [0.2, 0.25) is 11.8 Å². The minimum Gasteiger partial charge on any atom is -0.349 e. The van der Waals surface area contributed by atoms with Gasteiger partial charge in [0.1, 0.15) is 0 Å². The van der Waals surface area contributed by atoms with Gasteiger partial charge in [-0.15, -0.1) is 20.5 Å². The molecule has 6 rings (SSSR count). The van der Waals surface area contributed by atoms with Crippen LogP contribution in [0.15, 0.2) is 0 Å². The second-order valence-electron chi connectivity index (χ2n) is 15.9. The summed E-state index contributed by atoms with van der Waals surface area (Å²) in [6.07, 6.45) is 4.20. The largest absolute Gasteiger partial charge is 0.349 e. The van der Waals surface area contributed by atoms with Crippen LogP contribution in [-0.2, 0) is 39.0 Å². The zero-order valence-corrected chi connectivity index (χ0v) is 26.9. The second kappa shape index (κ2) is 10.3. The molecule has 6 heterocycles. The Morgan fingerprint density at radius 1 is 0.535 bits per heavy atom. The van der Waals surface area contributed by atoms with Gasteiger partial charge in [0.25, 0.3) is 0 Å². The van der Waals surface area contributed by atoms with E-state index in [1.807, 2.05) is 37.5 Å². The van der Waals surface area contributed by atoms with Crippen molar-refractivity contribution in [2.24, 2.45) is 5.41 Å². The summed E-state index contributed by atoms with van der Waals surface area (Å²) in [5, 5.41) is 29.9. The number of amides is 2. The number of hydroxylamine groups is 4. The Labute approximate surface area is 255 Å². The summed E-state index contributed by atoms with van der Waals surface area (Å²) in [5.74, 6) is -1.69. The average Bonchev–Trinajstić information content (AvgIpc) is 2.94. The molecular formula is C31H50N4O8. The number of piperidine rings is 4. The van der Waals surface area contributed by atoms with Gasteiger partial charge in [-0.3, -0.25) is 9.59 Å². The van der Waals surface area contributed by atoms with Gasteiger partial charge in [0.05, 0.1) is 42.9 Å². The Morgan fingerprint density at radius 3 is 1.12 bits per heavy atom. The minimum atomic E-state index is -0.881. The summed E-state index contributed by atoms with van der Waals surface area (Å²) >= 11 is 0. The van der Waals surface area contributed by atoms with Gasteiger partial charge >= 0.3 is 0 Å². The fourth-order valence-electron chi connectivity index (χ4n) is 9.13. The van der Waals surface area contributed by atoms with E-state index in [2.05, 4.69) is 0 Å². The summed E-state index contributed by atoms with van der Waals surface area (Å²) in [4.78, 5) is 27.6. The first kappa shape index (κ1) is 31.6. The highest BCUT2D eigenvalue weighted by Gasteiger charge is 2.64. The average molecular weight is 607 g/mol. The van der Waals surface area contributed by atoms with Crippen molar-refractivity contribution in [1.82, 2.24) is 19.9 Å². The first-order chi connectivity index (χ1) is 20.0. The van der Waals surface area contributed by atoms with E-state index in [1.54, 1.807) is 13.8 Å². The predicted octanol–water partition coefficient (Wildman–Crippen LogP) is 2.66. The zero-order valence-electron chi connectivity index (χ0n) is 26.9. The van der Waals surface area contributed by atoms with Gasteiger partial charge in [0.15, 0.2) is 11.6 Å². The maximum Gasteiger partial charge on any atom is 0.219 e. The minimum absolute atomic E-state index is 0.0380. The number of nitrogens with zero attached hydrogens (tertiary/aromatic N) is 4. The normalized spacial score (nSPS) is 32.5. The van der Waals surface area contributed by atoms with Crippen molar-refractivity contribution in [2.75, 3.05) is 52.6 Å². The summed E-state index contributed by atoms with van der Waals surface area (Å²) < 4.78 is 26.6. The van der Waals surface area contributed by atoms with Crippen LogP contribution in [0.1, 0.15) is 92.9 Å². The van der Waals surface area contributed by atoms with Gasteiger partial charge in [0, 0.05) is 76.8 Å². The van der Waals surface area contributed by atoms with Gasteiger partial charge in [-0.05, 0) is 53.4 Å². The monoisotopic (exact) mass is 606 g/mol. The number of hydrogen-bond acceptors (Lipinski definition) is 8. The summed E-state index contributed by atoms with van der Waals surface area (Å²) in [5.41, 5.74) is -3.15. The number of carbonyl (C=O) groups is 2. The lowest BCUT2D eigenvalue weighted by atomic mass is 9.70. The van der Waals surface area contributed by atoms with Crippen molar-refractivity contribution >= 4 is 11.8 Å². The molecule has 0 aliphatic carbocycles. The maximum atomic E-state index is 13.7. The lowest BCUT2D eigenvalue weighted by molar-refractivity contribution is -0.427. The molecule has 0 unspecified atom stereocenters. The molecule has 0 aromatic carbocycles. The fourth-order valence-corrected chi connectivity index (χ4v) is 9.13. The van der Waals surface area contributed by atoms with E-state index >= 15 is 0 Å². The number of hydrogen-bond donors (Lipinski definition) is 0. The molecule has 2 radical (unpaired) electrons. The lowest BCUT2D eigenvalue weighted by Crippen LogP contribution is -2.72. The number of rotatable bonds is 0. The molecule has 6 fully saturated rings. The molecule has 0 atom stereocenters. The van der Waals surface area contributed by atoms with Crippen LogP contribution in [-0.4, -0.2) is 118 Å². The van der Waals surface area contributed by atoms with Crippen LogP contribution in [0, 0.1) is 5.41 Å². The van der Waals surface area contributed by atoms with Crippen LogP contribution >= 0.6 is 0 Å². The summed E-state index contributed by atoms with van der Waals surface area (Å²) in [6, 6.07) is 0. The molecule has 6 aliphatic rings. The van der Waals surface area contributed by atoms with Crippen LogP contribution in [0.3, 0.4) is 0 Å². The van der Waals surface area contributed by atoms with E-state index in [9.17, 15) is 20.0 Å². The fraction of sp³-hybridized carbons (Fsp3) is 0.935. The quantitative estimate of drug-likeness (QED) is 0.412. The van der Waals surface area contributed by atoms with Crippen LogP contribution in [0.25, 0.3) is 0 Å². The molecule has 0 bridgehead atoms. The lowest BCUT2D eigenvalue weighted by Gasteiger charge is -2.62. The molecule has 12 nitrogen and oxygen atoms in total. The van der Waals surface area contributed by atoms with Crippen molar-refractivity contribution in [3.8, 4) is 0 Å². The third-order valence-electron chi connectivity index (χ3n) is 11.4. The Morgan fingerprint density at radius 2 is 0.837 bits per heavy atom. The van der Waals surface area contributed by atoms with Crippen LogP contribution in [0.5, 0.6) is 0 Å².